The van der Waals surface area contributed by atoms with Gasteiger partial charge in [-0.1, -0.05) is 18.2 Å². The molecule has 1 atom stereocenters. The maximum absolute atomic E-state index is 12.2. The first-order valence-electron chi connectivity index (χ1n) is 9.04. The summed E-state index contributed by atoms with van der Waals surface area (Å²) in [6.45, 7) is 2.56. The molecule has 6 nitrogen and oxygen atoms in total. The minimum Gasteiger partial charge on any atom is -0.493 e. The molecular weight excluding hydrogens is 376 g/mol. The summed E-state index contributed by atoms with van der Waals surface area (Å²) in [5.41, 5.74) is 2.93. The van der Waals surface area contributed by atoms with E-state index < -0.39 is 10.0 Å². The van der Waals surface area contributed by atoms with Crippen molar-refractivity contribution in [2.24, 2.45) is 0 Å². The standard InChI is InChI=1S/C21H24N2O4S/c1-15(17-6-8-19(9-7-17)28(25,26)23(2)3)22-21(24)11-5-16-4-10-20-18(14-16)12-13-27-20/h4-11,14-15H,12-13H2,1-3H3,(H,22,24)/b11-5+. The van der Waals surface area contributed by atoms with Crippen LogP contribution in [0.4, 0.5) is 0 Å². The van der Waals surface area contributed by atoms with Crippen LogP contribution in [0.5, 0.6) is 5.75 Å². The van der Waals surface area contributed by atoms with E-state index in [1.54, 1.807) is 30.3 Å². The van der Waals surface area contributed by atoms with E-state index in [0.717, 1.165) is 28.9 Å². The number of carbonyl (C=O) groups excluding carboxylic acids is 1. The van der Waals surface area contributed by atoms with Crippen LogP contribution in [0.15, 0.2) is 53.4 Å². The van der Waals surface area contributed by atoms with Gasteiger partial charge in [0.15, 0.2) is 0 Å². The van der Waals surface area contributed by atoms with Crippen LogP contribution in [0.2, 0.25) is 0 Å². The van der Waals surface area contributed by atoms with Crippen LogP contribution in [0.25, 0.3) is 6.08 Å². The molecule has 28 heavy (non-hydrogen) atoms. The molecule has 1 aliphatic rings. The summed E-state index contributed by atoms with van der Waals surface area (Å²) in [4.78, 5) is 12.4. The molecule has 0 saturated carbocycles. The Labute approximate surface area is 165 Å². The van der Waals surface area contributed by atoms with Crippen LogP contribution in [0, 0.1) is 0 Å². The summed E-state index contributed by atoms with van der Waals surface area (Å²) in [6, 6.07) is 12.1. The molecule has 0 aliphatic carbocycles. The number of hydrogen-bond acceptors (Lipinski definition) is 4. The number of carbonyl (C=O) groups is 1. The molecule has 0 spiro atoms. The van der Waals surface area contributed by atoms with Crippen LogP contribution in [0.3, 0.4) is 0 Å². The Bertz CT molecular complexity index is 996. The molecule has 0 bridgehead atoms. The summed E-state index contributed by atoms with van der Waals surface area (Å²) in [5, 5.41) is 2.89. The zero-order valence-electron chi connectivity index (χ0n) is 16.2. The number of amides is 1. The molecule has 0 radical (unpaired) electrons. The third-order valence-electron chi connectivity index (χ3n) is 4.66. The van der Waals surface area contributed by atoms with Crippen LogP contribution in [-0.4, -0.2) is 39.3 Å². The maximum Gasteiger partial charge on any atom is 0.244 e. The predicted octanol–water partition coefficient (Wildman–Crippen LogP) is 2.76. The van der Waals surface area contributed by atoms with E-state index in [0.29, 0.717) is 6.61 Å². The molecule has 1 unspecified atom stereocenters. The maximum atomic E-state index is 12.2. The van der Waals surface area contributed by atoms with Gasteiger partial charge in [0, 0.05) is 26.6 Å². The van der Waals surface area contributed by atoms with Gasteiger partial charge in [-0.15, -0.1) is 0 Å². The van der Waals surface area contributed by atoms with Gasteiger partial charge >= 0.3 is 0 Å². The Kier molecular flexibility index (Phi) is 5.86. The first-order valence-corrected chi connectivity index (χ1v) is 10.5. The molecule has 0 aromatic heterocycles. The van der Waals surface area contributed by atoms with Gasteiger partial charge in [0.2, 0.25) is 15.9 Å². The molecule has 1 heterocycles. The number of fused-ring (bicyclic) bond motifs is 1. The summed E-state index contributed by atoms with van der Waals surface area (Å²) >= 11 is 0. The van der Waals surface area contributed by atoms with E-state index in [9.17, 15) is 13.2 Å². The molecule has 1 aliphatic heterocycles. The van der Waals surface area contributed by atoms with Crippen molar-refractivity contribution in [3.05, 3.63) is 65.2 Å². The third-order valence-corrected chi connectivity index (χ3v) is 6.49. The smallest absolute Gasteiger partial charge is 0.244 e. The number of nitrogens with one attached hydrogen (secondary N) is 1. The van der Waals surface area contributed by atoms with Crippen molar-refractivity contribution in [2.75, 3.05) is 20.7 Å². The van der Waals surface area contributed by atoms with Gasteiger partial charge in [0.1, 0.15) is 5.75 Å². The molecule has 0 saturated heterocycles. The first-order chi connectivity index (χ1) is 13.3. The fraction of sp³-hybridized carbons (Fsp3) is 0.286. The van der Waals surface area contributed by atoms with Crippen LogP contribution < -0.4 is 10.1 Å². The summed E-state index contributed by atoms with van der Waals surface area (Å²) < 4.78 is 30.9. The first kappa shape index (κ1) is 20.1. The Balaban J connectivity index is 1.62. The van der Waals surface area contributed by atoms with E-state index in [4.69, 9.17) is 4.74 Å². The van der Waals surface area contributed by atoms with E-state index >= 15 is 0 Å². The molecule has 1 N–H and O–H groups in total. The Morgan fingerprint density at radius 3 is 2.57 bits per heavy atom. The van der Waals surface area contributed by atoms with Gasteiger partial charge in [-0.2, -0.15) is 0 Å². The van der Waals surface area contributed by atoms with Gasteiger partial charge in [-0.3, -0.25) is 4.79 Å². The second kappa shape index (κ2) is 8.16. The van der Waals surface area contributed by atoms with Crippen molar-refractivity contribution in [3.63, 3.8) is 0 Å². The largest absolute Gasteiger partial charge is 0.493 e. The average molecular weight is 401 g/mol. The SMILES string of the molecule is CC(NC(=O)/C=C/c1ccc2c(c1)CCO2)c1ccc(S(=O)(=O)N(C)C)cc1. The van der Waals surface area contributed by atoms with Crippen LogP contribution in [0.1, 0.15) is 29.7 Å². The van der Waals surface area contributed by atoms with E-state index in [1.807, 2.05) is 25.1 Å². The topological polar surface area (TPSA) is 75.7 Å². The molecule has 2 aromatic rings. The fourth-order valence-corrected chi connectivity index (χ4v) is 3.87. The van der Waals surface area contributed by atoms with Crippen molar-refractivity contribution in [3.8, 4) is 5.75 Å². The molecule has 3 rings (SSSR count). The van der Waals surface area contributed by atoms with Crippen molar-refractivity contribution in [2.45, 2.75) is 24.3 Å². The van der Waals surface area contributed by atoms with Crippen molar-refractivity contribution in [1.82, 2.24) is 9.62 Å². The molecule has 2 aromatic carbocycles. The van der Waals surface area contributed by atoms with Gasteiger partial charge in [0.05, 0.1) is 17.5 Å². The fourth-order valence-electron chi connectivity index (χ4n) is 2.97. The zero-order valence-corrected chi connectivity index (χ0v) is 17.0. The number of rotatable bonds is 6. The zero-order chi connectivity index (χ0) is 20.3. The predicted molar refractivity (Wildman–Crippen MR) is 109 cm³/mol. The molecule has 7 heteroatoms. The number of ether oxygens (including phenoxy) is 1. The molecular formula is C21H24N2O4S. The molecule has 1 amide bonds. The summed E-state index contributed by atoms with van der Waals surface area (Å²) in [6.07, 6.45) is 4.16. The monoisotopic (exact) mass is 400 g/mol. The number of hydrogen-bond donors (Lipinski definition) is 1. The highest BCUT2D eigenvalue weighted by Gasteiger charge is 2.17. The lowest BCUT2D eigenvalue weighted by molar-refractivity contribution is -0.117. The lowest BCUT2D eigenvalue weighted by Gasteiger charge is -2.15. The Morgan fingerprint density at radius 2 is 1.89 bits per heavy atom. The van der Waals surface area contributed by atoms with Crippen molar-refractivity contribution in [1.29, 1.82) is 0 Å². The third kappa shape index (κ3) is 4.43. The Morgan fingerprint density at radius 1 is 1.18 bits per heavy atom. The lowest BCUT2D eigenvalue weighted by Crippen LogP contribution is -2.25. The quantitative estimate of drug-likeness (QED) is 0.757. The van der Waals surface area contributed by atoms with E-state index in [2.05, 4.69) is 5.32 Å². The normalized spacial score (nSPS) is 14.7. The second-order valence-electron chi connectivity index (χ2n) is 6.89. The van der Waals surface area contributed by atoms with Crippen LogP contribution >= 0.6 is 0 Å². The second-order valence-corrected chi connectivity index (χ2v) is 9.04. The highest BCUT2D eigenvalue weighted by Crippen LogP contribution is 2.26. The number of benzene rings is 2. The molecule has 148 valence electrons. The minimum absolute atomic E-state index is 0.214. The highest BCUT2D eigenvalue weighted by molar-refractivity contribution is 7.89. The highest BCUT2D eigenvalue weighted by atomic mass is 32.2. The van der Waals surface area contributed by atoms with Gasteiger partial charge in [-0.05, 0) is 54.0 Å². The lowest BCUT2D eigenvalue weighted by atomic mass is 10.1. The summed E-state index contributed by atoms with van der Waals surface area (Å²) in [5.74, 6) is 0.698. The van der Waals surface area contributed by atoms with Crippen LogP contribution in [-0.2, 0) is 21.2 Å². The van der Waals surface area contributed by atoms with Crippen molar-refractivity contribution < 1.29 is 17.9 Å². The molecule has 0 fully saturated rings. The Hall–Kier alpha value is -2.64. The summed E-state index contributed by atoms with van der Waals surface area (Å²) in [7, 11) is -0.475. The van der Waals surface area contributed by atoms with Gasteiger partial charge in [-0.25, -0.2) is 12.7 Å². The number of sulfonamides is 1. The van der Waals surface area contributed by atoms with E-state index in [-0.39, 0.29) is 16.8 Å². The number of nitrogens with zero attached hydrogens (tertiary/aromatic N) is 1. The van der Waals surface area contributed by atoms with Crippen molar-refractivity contribution >= 4 is 22.0 Å². The minimum atomic E-state index is -3.46. The average Bonchev–Trinajstić information content (AvgIpc) is 3.14. The van der Waals surface area contributed by atoms with E-state index in [1.165, 1.54) is 24.5 Å². The van der Waals surface area contributed by atoms with Gasteiger partial charge in [0.25, 0.3) is 0 Å². The van der Waals surface area contributed by atoms with Gasteiger partial charge < -0.3 is 10.1 Å².